The van der Waals surface area contributed by atoms with Crippen molar-refractivity contribution in [3.8, 4) is 11.3 Å². The molecule has 0 fully saturated rings. The minimum Gasteiger partial charge on any atom is -0.399 e. The van der Waals surface area contributed by atoms with Gasteiger partial charge in [0, 0.05) is 22.7 Å². The normalized spacial score (nSPS) is 11.7. The van der Waals surface area contributed by atoms with Crippen molar-refractivity contribution in [3.63, 3.8) is 0 Å². The summed E-state index contributed by atoms with van der Waals surface area (Å²) in [5.74, 6) is 0.888. The highest BCUT2D eigenvalue weighted by molar-refractivity contribution is 5.61. The van der Waals surface area contributed by atoms with Gasteiger partial charge in [-0.25, -0.2) is 0 Å². The molecule has 84 valence electrons. The lowest BCUT2D eigenvalue weighted by atomic mass is 9.93. The molecule has 1 aromatic heterocycles. The molecule has 2 N–H and O–H groups in total. The van der Waals surface area contributed by atoms with Gasteiger partial charge in [0.05, 0.1) is 0 Å². The van der Waals surface area contributed by atoms with Crippen LogP contribution < -0.4 is 5.73 Å². The van der Waals surface area contributed by atoms with Crippen LogP contribution in [0.25, 0.3) is 11.3 Å². The summed E-state index contributed by atoms with van der Waals surface area (Å²) in [6.07, 6.45) is 0. The van der Waals surface area contributed by atoms with Crippen molar-refractivity contribution in [2.24, 2.45) is 0 Å². The first kappa shape index (κ1) is 10.7. The van der Waals surface area contributed by atoms with Crippen LogP contribution in [0.3, 0.4) is 0 Å². The Morgan fingerprint density at radius 1 is 1.12 bits per heavy atom. The molecule has 0 atom stereocenters. The average molecular weight is 216 g/mol. The van der Waals surface area contributed by atoms with E-state index in [1.54, 1.807) is 0 Å². The first-order valence-corrected chi connectivity index (χ1v) is 5.30. The molecular weight excluding hydrogens is 200 g/mol. The second kappa shape index (κ2) is 3.67. The van der Waals surface area contributed by atoms with Crippen molar-refractivity contribution >= 4 is 5.69 Å². The van der Waals surface area contributed by atoms with E-state index in [1.807, 2.05) is 30.3 Å². The maximum absolute atomic E-state index is 5.64. The Bertz CT molecular complexity index is 477. The number of rotatable bonds is 1. The third-order valence-electron chi connectivity index (χ3n) is 2.46. The van der Waals surface area contributed by atoms with E-state index in [1.165, 1.54) is 0 Å². The van der Waals surface area contributed by atoms with Crippen LogP contribution in [-0.2, 0) is 5.41 Å². The molecule has 0 amide bonds. The fourth-order valence-corrected chi connectivity index (χ4v) is 1.42. The minimum atomic E-state index is -0.0148. The second-order valence-electron chi connectivity index (χ2n) is 4.95. The van der Waals surface area contributed by atoms with Crippen molar-refractivity contribution < 1.29 is 4.52 Å². The summed E-state index contributed by atoms with van der Waals surface area (Å²) in [4.78, 5) is 0. The SMILES string of the molecule is CC(C)(C)c1cc(-c2ccc(N)cc2)no1. The number of hydrogen-bond acceptors (Lipinski definition) is 3. The molecule has 2 aromatic rings. The Balaban J connectivity index is 2.35. The summed E-state index contributed by atoms with van der Waals surface area (Å²) in [5.41, 5.74) is 8.25. The van der Waals surface area contributed by atoms with Crippen molar-refractivity contribution in [2.45, 2.75) is 26.2 Å². The van der Waals surface area contributed by atoms with E-state index in [4.69, 9.17) is 10.3 Å². The summed E-state index contributed by atoms with van der Waals surface area (Å²) in [7, 11) is 0. The van der Waals surface area contributed by atoms with Gasteiger partial charge in [-0.3, -0.25) is 0 Å². The van der Waals surface area contributed by atoms with Gasteiger partial charge in [-0.05, 0) is 12.1 Å². The van der Waals surface area contributed by atoms with Gasteiger partial charge in [0.1, 0.15) is 11.5 Å². The summed E-state index contributed by atoms with van der Waals surface area (Å²) in [6, 6.07) is 9.59. The summed E-state index contributed by atoms with van der Waals surface area (Å²) in [5, 5.41) is 4.07. The zero-order valence-electron chi connectivity index (χ0n) is 9.82. The predicted molar refractivity (Wildman–Crippen MR) is 65.1 cm³/mol. The number of anilines is 1. The van der Waals surface area contributed by atoms with Crippen LogP contribution in [0.15, 0.2) is 34.9 Å². The van der Waals surface area contributed by atoms with E-state index in [0.717, 1.165) is 22.7 Å². The molecule has 0 saturated carbocycles. The first-order chi connectivity index (χ1) is 7.47. The van der Waals surface area contributed by atoms with E-state index >= 15 is 0 Å². The van der Waals surface area contributed by atoms with Gasteiger partial charge in [0.15, 0.2) is 0 Å². The lowest BCUT2D eigenvalue weighted by Crippen LogP contribution is -2.09. The van der Waals surface area contributed by atoms with Gasteiger partial charge in [-0.1, -0.05) is 38.1 Å². The molecule has 2 rings (SSSR count). The van der Waals surface area contributed by atoms with Gasteiger partial charge >= 0.3 is 0 Å². The van der Waals surface area contributed by atoms with Crippen molar-refractivity contribution in [1.82, 2.24) is 5.16 Å². The Kier molecular flexibility index (Phi) is 2.46. The Morgan fingerprint density at radius 2 is 1.75 bits per heavy atom. The quantitative estimate of drug-likeness (QED) is 0.744. The van der Waals surface area contributed by atoms with Crippen LogP contribution in [0.5, 0.6) is 0 Å². The van der Waals surface area contributed by atoms with Crippen LogP contribution in [0.4, 0.5) is 5.69 Å². The maximum Gasteiger partial charge on any atom is 0.142 e. The van der Waals surface area contributed by atoms with Gasteiger partial charge in [-0.2, -0.15) is 0 Å². The zero-order chi connectivity index (χ0) is 11.8. The number of nitrogens with two attached hydrogens (primary N) is 1. The largest absolute Gasteiger partial charge is 0.399 e. The molecule has 1 aromatic carbocycles. The summed E-state index contributed by atoms with van der Waals surface area (Å²) < 4.78 is 5.33. The van der Waals surface area contributed by atoms with Crippen LogP contribution in [0.2, 0.25) is 0 Å². The van der Waals surface area contributed by atoms with Gasteiger partial charge in [0.2, 0.25) is 0 Å². The van der Waals surface area contributed by atoms with Crippen LogP contribution in [0, 0.1) is 0 Å². The molecule has 0 aliphatic heterocycles. The van der Waals surface area contributed by atoms with E-state index in [2.05, 4.69) is 25.9 Å². The molecule has 0 unspecified atom stereocenters. The molecule has 0 radical (unpaired) electrons. The van der Waals surface area contributed by atoms with Crippen LogP contribution in [-0.4, -0.2) is 5.16 Å². The van der Waals surface area contributed by atoms with Crippen LogP contribution >= 0.6 is 0 Å². The van der Waals surface area contributed by atoms with E-state index in [9.17, 15) is 0 Å². The van der Waals surface area contributed by atoms with Gasteiger partial charge < -0.3 is 10.3 Å². The Morgan fingerprint density at radius 3 is 2.25 bits per heavy atom. The standard InChI is InChI=1S/C13H16N2O/c1-13(2,3)12-8-11(15-16-12)9-4-6-10(14)7-5-9/h4-8H,14H2,1-3H3. The molecule has 0 aliphatic rings. The monoisotopic (exact) mass is 216 g/mol. The minimum absolute atomic E-state index is 0.0148. The summed E-state index contributed by atoms with van der Waals surface area (Å²) >= 11 is 0. The molecule has 0 aliphatic carbocycles. The van der Waals surface area contributed by atoms with Crippen molar-refractivity contribution in [1.29, 1.82) is 0 Å². The van der Waals surface area contributed by atoms with Gasteiger partial charge in [0.25, 0.3) is 0 Å². The smallest absolute Gasteiger partial charge is 0.142 e. The molecule has 16 heavy (non-hydrogen) atoms. The fourth-order valence-electron chi connectivity index (χ4n) is 1.42. The van der Waals surface area contributed by atoms with E-state index < -0.39 is 0 Å². The number of aromatic nitrogens is 1. The predicted octanol–water partition coefficient (Wildman–Crippen LogP) is 3.22. The highest BCUT2D eigenvalue weighted by atomic mass is 16.5. The third kappa shape index (κ3) is 2.08. The van der Waals surface area contributed by atoms with Crippen LogP contribution in [0.1, 0.15) is 26.5 Å². The molecular formula is C13H16N2O. The average Bonchev–Trinajstić information content (AvgIpc) is 2.67. The van der Waals surface area contributed by atoms with Gasteiger partial charge in [-0.15, -0.1) is 0 Å². The second-order valence-corrected chi connectivity index (χ2v) is 4.95. The molecule has 0 bridgehead atoms. The maximum atomic E-state index is 5.64. The van der Waals surface area contributed by atoms with Crippen molar-refractivity contribution in [3.05, 3.63) is 36.1 Å². The van der Waals surface area contributed by atoms with E-state index in [0.29, 0.717) is 0 Å². The number of benzene rings is 1. The number of hydrogen-bond donors (Lipinski definition) is 1. The highest BCUT2D eigenvalue weighted by Crippen LogP contribution is 2.27. The third-order valence-corrected chi connectivity index (χ3v) is 2.46. The highest BCUT2D eigenvalue weighted by Gasteiger charge is 2.19. The number of nitrogen functional groups attached to an aromatic ring is 1. The fraction of sp³-hybridized carbons (Fsp3) is 0.308. The van der Waals surface area contributed by atoms with E-state index in [-0.39, 0.29) is 5.41 Å². The van der Waals surface area contributed by atoms with Crippen molar-refractivity contribution in [2.75, 3.05) is 5.73 Å². The molecule has 3 heteroatoms. The topological polar surface area (TPSA) is 52.0 Å². The molecule has 1 heterocycles. The number of nitrogens with zero attached hydrogens (tertiary/aromatic N) is 1. The Hall–Kier alpha value is -1.77. The molecule has 3 nitrogen and oxygen atoms in total. The zero-order valence-corrected chi connectivity index (χ0v) is 9.82. The summed E-state index contributed by atoms with van der Waals surface area (Å²) in [6.45, 7) is 6.29. The molecule has 0 spiro atoms. The first-order valence-electron chi connectivity index (χ1n) is 5.30. The Labute approximate surface area is 95.3 Å². The lowest BCUT2D eigenvalue weighted by molar-refractivity contribution is 0.330. The lowest BCUT2D eigenvalue weighted by Gasteiger charge is -2.12. The molecule has 0 saturated heterocycles.